The van der Waals surface area contributed by atoms with Crippen molar-refractivity contribution < 1.29 is 28.2 Å². The number of halogens is 2. The number of fused-ring (bicyclic) bond motifs is 1. The van der Waals surface area contributed by atoms with Crippen LogP contribution in [0.4, 0.5) is 10.1 Å². The third-order valence-electron chi connectivity index (χ3n) is 4.87. The molecule has 8 nitrogen and oxygen atoms in total. The average Bonchev–Trinajstić information content (AvgIpc) is 2.78. The summed E-state index contributed by atoms with van der Waals surface area (Å²) in [5.74, 6) is -1.97. The molecule has 0 saturated carbocycles. The number of rotatable bonds is 6. The molecule has 2 aromatic carbocycles. The molecule has 2 aromatic heterocycles. The number of amides is 1. The van der Waals surface area contributed by atoms with Gasteiger partial charge in [-0.05, 0) is 43.3 Å². The first-order chi connectivity index (χ1) is 16.2. The molecular weight excluding hydrogens is 467 g/mol. The first kappa shape index (κ1) is 22.9. The van der Waals surface area contributed by atoms with Crippen molar-refractivity contribution in [2.45, 2.75) is 13.0 Å². The first-order valence-electron chi connectivity index (χ1n) is 9.90. The van der Waals surface area contributed by atoms with Crippen molar-refractivity contribution >= 4 is 40.1 Å². The summed E-state index contributed by atoms with van der Waals surface area (Å²) in [4.78, 5) is 39.5. The van der Waals surface area contributed by atoms with Crippen molar-refractivity contribution in [3.63, 3.8) is 0 Å². The second kappa shape index (κ2) is 9.32. The van der Waals surface area contributed by atoms with E-state index in [1.165, 1.54) is 43.5 Å². The van der Waals surface area contributed by atoms with Gasteiger partial charge in [0, 0.05) is 34.8 Å². The normalized spacial score (nSPS) is 11.7. The minimum absolute atomic E-state index is 0.0759. The second-order valence-corrected chi connectivity index (χ2v) is 7.69. The van der Waals surface area contributed by atoms with Crippen molar-refractivity contribution in [1.29, 1.82) is 0 Å². The summed E-state index contributed by atoms with van der Waals surface area (Å²) in [5.41, 5.74) is 0.584. The largest absolute Gasteiger partial charge is 0.481 e. The summed E-state index contributed by atoms with van der Waals surface area (Å²) in [7, 11) is 0. The lowest BCUT2D eigenvalue weighted by atomic mass is 10.0. The summed E-state index contributed by atoms with van der Waals surface area (Å²) >= 11 is 6.17. The summed E-state index contributed by atoms with van der Waals surface area (Å²) in [6.45, 7) is 1.50. The fraction of sp³-hybridized carbons (Fsp3) is 0.0833. The van der Waals surface area contributed by atoms with Crippen LogP contribution in [0.5, 0.6) is 5.75 Å². The van der Waals surface area contributed by atoms with Gasteiger partial charge in [-0.2, -0.15) is 0 Å². The molecule has 4 rings (SSSR count). The molecule has 0 spiro atoms. The zero-order chi connectivity index (χ0) is 24.4. The number of aromatic carboxylic acids is 1. The summed E-state index contributed by atoms with van der Waals surface area (Å²) < 4.78 is 24.4. The Morgan fingerprint density at radius 3 is 2.65 bits per heavy atom. The predicted molar refractivity (Wildman–Crippen MR) is 123 cm³/mol. The van der Waals surface area contributed by atoms with E-state index in [4.69, 9.17) is 25.9 Å². The van der Waals surface area contributed by atoms with Crippen LogP contribution in [0.25, 0.3) is 22.1 Å². The van der Waals surface area contributed by atoms with Crippen molar-refractivity contribution in [1.82, 2.24) is 4.98 Å². The van der Waals surface area contributed by atoms with Gasteiger partial charge in [0.2, 0.25) is 0 Å². The lowest BCUT2D eigenvalue weighted by molar-refractivity contribution is -0.122. The highest BCUT2D eigenvalue weighted by atomic mass is 35.5. The number of nitrogens with zero attached hydrogens (tertiary/aromatic N) is 1. The maximum absolute atomic E-state index is 13.4. The second-order valence-electron chi connectivity index (χ2n) is 7.28. The standard InChI is InChI=1S/C24H16ClFN2O6/c1-12(23(30)28-15-6-13(24(31)32)10-27-11-15)33-16-3-5-18-19(9-22(29)34-21(18)8-16)17-4-2-14(26)7-20(17)25/h2-12H,1H3,(H,28,30)(H,31,32)/t12-/m1/s1. The number of carbonyl (C=O) groups is 2. The molecule has 2 N–H and O–H groups in total. The molecule has 0 aliphatic carbocycles. The minimum Gasteiger partial charge on any atom is -0.481 e. The molecular formula is C24H16ClFN2O6. The van der Waals surface area contributed by atoms with E-state index in [0.717, 1.165) is 12.3 Å². The molecule has 1 amide bonds. The first-order valence-corrected chi connectivity index (χ1v) is 10.3. The van der Waals surface area contributed by atoms with E-state index in [0.29, 0.717) is 16.5 Å². The number of ether oxygens (including phenoxy) is 1. The quantitative estimate of drug-likeness (QED) is 0.380. The minimum atomic E-state index is -1.17. The lowest BCUT2D eigenvalue weighted by Gasteiger charge is -2.15. The number of aromatic nitrogens is 1. The van der Waals surface area contributed by atoms with E-state index >= 15 is 0 Å². The van der Waals surface area contributed by atoms with Gasteiger partial charge in [0.1, 0.15) is 17.1 Å². The summed E-state index contributed by atoms with van der Waals surface area (Å²) in [5, 5.41) is 12.3. The number of nitrogens with one attached hydrogen (secondary N) is 1. The van der Waals surface area contributed by atoms with Gasteiger partial charge in [-0.15, -0.1) is 0 Å². The number of carboxylic acids is 1. The predicted octanol–water partition coefficient (Wildman–Crippen LogP) is 4.75. The fourth-order valence-electron chi connectivity index (χ4n) is 3.27. The monoisotopic (exact) mass is 482 g/mol. The van der Waals surface area contributed by atoms with Gasteiger partial charge in [-0.1, -0.05) is 11.6 Å². The number of carbonyl (C=O) groups excluding carboxylic acids is 1. The van der Waals surface area contributed by atoms with E-state index < -0.39 is 29.4 Å². The van der Waals surface area contributed by atoms with Crippen LogP contribution in [0.3, 0.4) is 0 Å². The van der Waals surface area contributed by atoms with Crippen molar-refractivity contribution in [2.75, 3.05) is 5.32 Å². The van der Waals surface area contributed by atoms with Crippen molar-refractivity contribution in [3.05, 3.63) is 87.7 Å². The number of hydrogen-bond donors (Lipinski definition) is 2. The zero-order valence-electron chi connectivity index (χ0n) is 17.5. The van der Waals surface area contributed by atoms with Crippen LogP contribution in [0, 0.1) is 5.82 Å². The lowest BCUT2D eigenvalue weighted by Crippen LogP contribution is -2.30. The summed E-state index contributed by atoms with van der Waals surface area (Å²) in [6.07, 6.45) is 1.49. The van der Waals surface area contributed by atoms with Crippen LogP contribution >= 0.6 is 11.6 Å². The van der Waals surface area contributed by atoms with E-state index in [9.17, 15) is 18.8 Å². The Hall–Kier alpha value is -4.24. The van der Waals surface area contributed by atoms with Gasteiger partial charge in [0.15, 0.2) is 6.10 Å². The van der Waals surface area contributed by atoms with Crippen LogP contribution < -0.4 is 15.7 Å². The number of anilines is 1. The SMILES string of the molecule is C[C@@H](Oc1ccc2c(-c3ccc(F)cc3Cl)cc(=O)oc2c1)C(=O)Nc1cncc(C(=O)O)c1. The van der Waals surface area contributed by atoms with Crippen LogP contribution in [-0.2, 0) is 4.79 Å². The van der Waals surface area contributed by atoms with E-state index in [1.807, 2.05) is 0 Å². The number of benzene rings is 2. The molecule has 10 heteroatoms. The molecule has 0 fully saturated rings. The Kier molecular flexibility index (Phi) is 6.29. The van der Waals surface area contributed by atoms with Gasteiger partial charge in [0.05, 0.1) is 22.5 Å². The third kappa shape index (κ3) is 4.89. The molecule has 172 valence electrons. The number of hydrogen-bond acceptors (Lipinski definition) is 6. The smallest absolute Gasteiger partial charge is 0.337 e. The molecule has 0 radical (unpaired) electrons. The van der Waals surface area contributed by atoms with Gasteiger partial charge >= 0.3 is 11.6 Å². The molecule has 34 heavy (non-hydrogen) atoms. The highest BCUT2D eigenvalue weighted by Gasteiger charge is 2.18. The van der Waals surface area contributed by atoms with Crippen molar-refractivity contribution in [2.24, 2.45) is 0 Å². The van der Waals surface area contributed by atoms with E-state index in [1.54, 1.807) is 12.1 Å². The topological polar surface area (TPSA) is 119 Å². The molecule has 2 heterocycles. The van der Waals surface area contributed by atoms with Gasteiger partial charge in [0.25, 0.3) is 5.91 Å². The Bertz CT molecular complexity index is 1490. The Labute approximate surface area is 196 Å². The van der Waals surface area contributed by atoms with Crippen LogP contribution in [0.2, 0.25) is 5.02 Å². The summed E-state index contributed by atoms with van der Waals surface area (Å²) in [6, 6.07) is 11.1. The molecule has 0 aliphatic rings. The highest BCUT2D eigenvalue weighted by Crippen LogP contribution is 2.34. The molecule has 0 unspecified atom stereocenters. The van der Waals surface area contributed by atoms with Gasteiger partial charge in [-0.25, -0.2) is 14.0 Å². The van der Waals surface area contributed by atoms with Crippen LogP contribution in [0.1, 0.15) is 17.3 Å². The van der Waals surface area contributed by atoms with Gasteiger partial charge < -0.3 is 19.6 Å². The molecule has 0 aliphatic heterocycles. The van der Waals surface area contributed by atoms with Crippen molar-refractivity contribution in [3.8, 4) is 16.9 Å². The maximum atomic E-state index is 13.4. The maximum Gasteiger partial charge on any atom is 0.337 e. The average molecular weight is 483 g/mol. The highest BCUT2D eigenvalue weighted by molar-refractivity contribution is 6.33. The van der Waals surface area contributed by atoms with E-state index in [-0.39, 0.29) is 27.6 Å². The number of carboxylic acid groups (broad SMARTS) is 1. The number of pyridine rings is 1. The van der Waals surface area contributed by atoms with Gasteiger partial charge in [-0.3, -0.25) is 9.78 Å². The van der Waals surface area contributed by atoms with Crippen LogP contribution in [-0.4, -0.2) is 28.1 Å². The molecule has 1 atom stereocenters. The Balaban J connectivity index is 1.58. The van der Waals surface area contributed by atoms with E-state index in [2.05, 4.69) is 10.3 Å². The fourth-order valence-corrected chi connectivity index (χ4v) is 3.54. The van der Waals surface area contributed by atoms with Crippen LogP contribution in [0.15, 0.2) is 70.1 Å². The molecule has 0 saturated heterocycles. The molecule has 4 aromatic rings. The zero-order valence-corrected chi connectivity index (χ0v) is 18.3. The Morgan fingerprint density at radius 2 is 1.91 bits per heavy atom. The third-order valence-corrected chi connectivity index (χ3v) is 5.18. The molecule has 0 bridgehead atoms. The Morgan fingerprint density at radius 1 is 1.12 bits per heavy atom.